The van der Waals surface area contributed by atoms with E-state index in [1.165, 1.54) is 0 Å². The number of carbonyl (C=O) groups excluding carboxylic acids is 1. The van der Waals surface area contributed by atoms with Crippen molar-refractivity contribution in [2.45, 2.75) is 26.0 Å². The Morgan fingerprint density at radius 3 is 3.17 bits per heavy atom. The number of hydrogen-bond donors (Lipinski definition) is 0. The first kappa shape index (κ1) is 15.8. The van der Waals surface area contributed by atoms with E-state index in [1.807, 2.05) is 12.1 Å². The van der Waals surface area contributed by atoms with Gasteiger partial charge in [0, 0.05) is 25.8 Å². The van der Waals surface area contributed by atoms with Crippen LogP contribution in [0.1, 0.15) is 35.0 Å². The van der Waals surface area contributed by atoms with Gasteiger partial charge < -0.3 is 9.26 Å². The smallest absolute Gasteiger partial charge is 0.252 e. The van der Waals surface area contributed by atoms with Crippen LogP contribution < -0.4 is 0 Å². The number of rotatable bonds is 6. The second-order valence-corrected chi connectivity index (χ2v) is 5.69. The van der Waals surface area contributed by atoms with E-state index < -0.39 is 0 Å². The fraction of sp³-hybridized carbons (Fsp3) is 0.500. The molecular formula is C16H20N4O3. The molecule has 0 N–H and O–H groups in total. The molecular weight excluding hydrogens is 296 g/mol. The van der Waals surface area contributed by atoms with Gasteiger partial charge in [0.15, 0.2) is 11.6 Å². The van der Waals surface area contributed by atoms with Gasteiger partial charge in [-0.05, 0) is 31.5 Å². The number of likely N-dealkylation sites (tertiary alicyclic amines) is 1. The van der Waals surface area contributed by atoms with Crippen LogP contribution >= 0.6 is 0 Å². The van der Waals surface area contributed by atoms with Crippen molar-refractivity contribution in [3.05, 3.63) is 41.8 Å². The summed E-state index contributed by atoms with van der Waals surface area (Å²) in [5, 5.41) is 3.95. The SMILES string of the molecule is COCc1nc(CN2CCC[C@H](C(=O)c3ccccn3)C2)no1. The summed E-state index contributed by atoms with van der Waals surface area (Å²) in [5.74, 6) is 1.19. The van der Waals surface area contributed by atoms with E-state index in [-0.39, 0.29) is 11.7 Å². The first-order chi connectivity index (χ1) is 11.3. The molecule has 0 unspecified atom stereocenters. The van der Waals surface area contributed by atoms with Crippen LogP contribution in [0, 0.1) is 5.92 Å². The molecule has 3 rings (SSSR count). The van der Waals surface area contributed by atoms with Gasteiger partial charge >= 0.3 is 0 Å². The maximum Gasteiger partial charge on any atom is 0.252 e. The second-order valence-electron chi connectivity index (χ2n) is 5.69. The minimum absolute atomic E-state index is 0.0241. The molecule has 23 heavy (non-hydrogen) atoms. The highest BCUT2D eigenvalue weighted by Crippen LogP contribution is 2.21. The molecule has 0 amide bonds. The Labute approximate surface area is 134 Å². The molecule has 1 aliphatic rings. The van der Waals surface area contributed by atoms with E-state index >= 15 is 0 Å². The normalized spacial score (nSPS) is 18.9. The van der Waals surface area contributed by atoms with E-state index in [4.69, 9.17) is 9.26 Å². The fourth-order valence-corrected chi connectivity index (χ4v) is 2.87. The van der Waals surface area contributed by atoms with Crippen LogP contribution in [0.4, 0.5) is 0 Å². The van der Waals surface area contributed by atoms with Crippen molar-refractivity contribution in [1.82, 2.24) is 20.0 Å². The average Bonchev–Trinajstić information content (AvgIpc) is 3.03. The summed E-state index contributed by atoms with van der Waals surface area (Å²) in [5.41, 5.74) is 0.543. The highest BCUT2D eigenvalue weighted by atomic mass is 16.5. The summed E-state index contributed by atoms with van der Waals surface area (Å²) in [6, 6.07) is 5.44. The maximum absolute atomic E-state index is 12.5. The second kappa shape index (κ2) is 7.43. The molecule has 0 radical (unpaired) electrons. The first-order valence-electron chi connectivity index (χ1n) is 7.74. The Morgan fingerprint density at radius 1 is 1.48 bits per heavy atom. The topological polar surface area (TPSA) is 81.4 Å². The number of pyridine rings is 1. The summed E-state index contributed by atoms with van der Waals surface area (Å²) in [7, 11) is 1.59. The highest BCUT2D eigenvalue weighted by molar-refractivity contribution is 5.96. The van der Waals surface area contributed by atoms with Crippen LogP contribution in [-0.4, -0.2) is 46.0 Å². The van der Waals surface area contributed by atoms with Crippen LogP contribution in [0.2, 0.25) is 0 Å². The van der Waals surface area contributed by atoms with Gasteiger partial charge in [0.05, 0.1) is 6.54 Å². The van der Waals surface area contributed by atoms with Gasteiger partial charge in [0.25, 0.3) is 5.89 Å². The molecule has 7 heteroatoms. The van der Waals surface area contributed by atoms with Gasteiger partial charge in [0.1, 0.15) is 12.3 Å². The third kappa shape index (κ3) is 4.00. The largest absolute Gasteiger partial charge is 0.375 e. The van der Waals surface area contributed by atoms with Crippen LogP contribution in [0.3, 0.4) is 0 Å². The Kier molecular flexibility index (Phi) is 5.09. The van der Waals surface area contributed by atoms with E-state index in [0.29, 0.717) is 37.1 Å². The van der Waals surface area contributed by atoms with Crippen molar-refractivity contribution in [2.75, 3.05) is 20.2 Å². The standard InChI is InChI=1S/C16H20N4O3/c1-22-11-15-18-14(19-23-15)10-20-8-4-5-12(9-20)16(21)13-6-2-3-7-17-13/h2-3,6-7,12H,4-5,8-11H2,1H3/t12-/m0/s1. The molecule has 2 aromatic heterocycles. The minimum Gasteiger partial charge on any atom is -0.375 e. The van der Waals surface area contributed by atoms with Gasteiger partial charge in [-0.2, -0.15) is 4.98 Å². The zero-order valence-electron chi connectivity index (χ0n) is 13.1. The Hall–Kier alpha value is -2.12. The lowest BCUT2D eigenvalue weighted by atomic mass is 9.92. The van der Waals surface area contributed by atoms with Gasteiger partial charge in [0.2, 0.25) is 0 Å². The zero-order chi connectivity index (χ0) is 16.1. The lowest BCUT2D eigenvalue weighted by Crippen LogP contribution is -2.38. The van der Waals surface area contributed by atoms with Crippen molar-refractivity contribution < 1.29 is 14.1 Å². The van der Waals surface area contributed by atoms with E-state index in [0.717, 1.165) is 19.4 Å². The first-order valence-corrected chi connectivity index (χ1v) is 7.74. The number of ketones is 1. The molecule has 0 aliphatic carbocycles. The monoisotopic (exact) mass is 316 g/mol. The van der Waals surface area contributed by atoms with Crippen molar-refractivity contribution in [3.63, 3.8) is 0 Å². The number of ether oxygens (including phenoxy) is 1. The lowest BCUT2D eigenvalue weighted by molar-refractivity contribution is 0.0802. The lowest BCUT2D eigenvalue weighted by Gasteiger charge is -2.30. The molecule has 0 aromatic carbocycles. The predicted octanol–water partition coefficient (Wildman–Crippen LogP) is 1.71. The summed E-state index contributed by atoms with van der Waals surface area (Å²) in [6.07, 6.45) is 3.53. The average molecular weight is 316 g/mol. The quantitative estimate of drug-likeness (QED) is 0.750. The highest BCUT2D eigenvalue weighted by Gasteiger charge is 2.27. The number of methoxy groups -OCH3 is 1. The number of piperidine rings is 1. The number of hydrogen-bond acceptors (Lipinski definition) is 7. The molecule has 7 nitrogen and oxygen atoms in total. The summed E-state index contributed by atoms with van der Waals surface area (Å²) >= 11 is 0. The summed E-state index contributed by atoms with van der Waals surface area (Å²) < 4.78 is 10.1. The molecule has 1 saturated heterocycles. The molecule has 0 spiro atoms. The third-order valence-corrected chi connectivity index (χ3v) is 3.94. The van der Waals surface area contributed by atoms with Crippen LogP contribution in [0.15, 0.2) is 28.9 Å². The van der Waals surface area contributed by atoms with E-state index in [2.05, 4.69) is 20.0 Å². The number of aromatic nitrogens is 3. The molecule has 1 fully saturated rings. The molecule has 1 aliphatic heterocycles. The van der Waals surface area contributed by atoms with Gasteiger partial charge in [-0.1, -0.05) is 11.2 Å². The molecule has 3 heterocycles. The zero-order valence-corrected chi connectivity index (χ0v) is 13.1. The van der Waals surface area contributed by atoms with Crippen molar-refractivity contribution in [3.8, 4) is 0 Å². The van der Waals surface area contributed by atoms with Crippen molar-refractivity contribution in [2.24, 2.45) is 5.92 Å². The fourth-order valence-electron chi connectivity index (χ4n) is 2.87. The molecule has 0 saturated carbocycles. The minimum atomic E-state index is -0.0241. The predicted molar refractivity (Wildman–Crippen MR) is 81.6 cm³/mol. The Bertz CT molecular complexity index is 644. The van der Waals surface area contributed by atoms with Gasteiger partial charge in [-0.3, -0.25) is 14.7 Å². The third-order valence-electron chi connectivity index (χ3n) is 3.94. The van der Waals surface area contributed by atoms with Crippen molar-refractivity contribution in [1.29, 1.82) is 0 Å². The molecule has 122 valence electrons. The Balaban J connectivity index is 1.60. The van der Waals surface area contributed by atoms with Crippen LogP contribution in [-0.2, 0) is 17.9 Å². The van der Waals surface area contributed by atoms with Crippen molar-refractivity contribution >= 4 is 5.78 Å². The van der Waals surface area contributed by atoms with Gasteiger partial charge in [-0.25, -0.2) is 0 Å². The molecule has 2 aromatic rings. The summed E-state index contributed by atoms with van der Waals surface area (Å²) in [6.45, 7) is 2.52. The number of nitrogens with zero attached hydrogens (tertiary/aromatic N) is 4. The van der Waals surface area contributed by atoms with Crippen LogP contribution in [0.5, 0.6) is 0 Å². The molecule has 0 bridgehead atoms. The summed E-state index contributed by atoms with van der Waals surface area (Å²) in [4.78, 5) is 23.2. The Morgan fingerprint density at radius 2 is 2.39 bits per heavy atom. The number of Topliss-reactive ketones (excluding diaryl/α,β-unsaturated/α-hetero) is 1. The van der Waals surface area contributed by atoms with Crippen LogP contribution in [0.25, 0.3) is 0 Å². The maximum atomic E-state index is 12.5. The van der Waals surface area contributed by atoms with E-state index in [9.17, 15) is 4.79 Å². The number of carbonyl (C=O) groups is 1. The van der Waals surface area contributed by atoms with E-state index in [1.54, 1.807) is 19.4 Å². The van der Waals surface area contributed by atoms with Gasteiger partial charge in [-0.15, -0.1) is 0 Å². The molecule has 1 atom stereocenters.